The van der Waals surface area contributed by atoms with Gasteiger partial charge in [0.2, 0.25) is 0 Å². The number of hydrogen-bond acceptors (Lipinski definition) is 3. The van der Waals surface area contributed by atoms with E-state index in [1.54, 1.807) is 24.5 Å². The van der Waals surface area contributed by atoms with Crippen LogP contribution in [0.25, 0.3) is 0 Å². The van der Waals surface area contributed by atoms with Crippen molar-refractivity contribution in [3.05, 3.63) is 30.1 Å². The van der Waals surface area contributed by atoms with Crippen LogP contribution in [0.1, 0.15) is 32.8 Å². The van der Waals surface area contributed by atoms with E-state index < -0.39 is 11.9 Å². The number of pyridine rings is 1. The lowest BCUT2D eigenvalue weighted by molar-refractivity contribution is -0.142. The minimum atomic E-state index is -0.889. The molecule has 1 unspecified atom stereocenters. The number of aliphatic carboxylic acids is 1. The first-order valence-corrected chi connectivity index (χ1v) is 6.91. The summed E-state index contributed by atoms with van der Waals surface area (Å²) in [4.78, 5) is 26.8. The van der Waals surface area contributed by atoms with Gasteiger partial charge in [0.15, 0.2) is 0 Å². The van der Waals surface area contributed by atoms with Crippen molar-refractivity contribution in [1.29, 1.82) is 0 Å². The second-order valence-electron chi connectivity index (χ2n) is 6.22. The van der Waals surface area contributed by atoms with Crippen molar-refractivity contribution in [3.8, 4) is 0 Å². The normalized spacial score (nSPS) is 12.5. The maximum absolute atomic E-state index is 11.7. The number of carbonyl (C=O) groups excluding carboxylic acids is 1. The lowest BCUT2D eigenvalue weighted by Crippen LogP contribution is -2.40. The summed E-state index contributed by atoms with van der Waals surface area (Å²) in [5.74, 6) is -1.48. The monoisotopic (exact) mass is 293 g/mol. The van der Waals surface area contributed by atoms with Gasteiger partial charge in [-0.15, -0.1) is 0 Å². The molecule has 1 rings (SSSR count). The van der Waals surface area contributed by atoms with Gasteiger partial charge in [0, 0.05) is 25.5 Å². The van der Waals surface area contributed by atoms with Crippen molar-refractivity contribution >= 4 is 12.0 Å². The van der Waals surface area contributed by atoms with Gasteiger partial charge in [-0.3, -0.25) is 9.78 Å². The molecular weight excluding hydrogens is 270 g/mol. The maximum Gasteiger partial charge on any atom is 0.315 e. The number of rotatable bonds is 6. The molecule has 0 fully saturated rings. The van der Waals surface area contributed by atoms with Gasteiger partial charge in [0.1, 0.15) is 0 Å². The Labute approximate surface area is 125 Å². The van der Waals surface area contributed by atoms with Crippen LogP contribution in [0, 0.1) is 11.3 Å². The highest BCUT2D eigenvalue weighted by molar-refractivity contribution is 5.75. The molecule has 0 saturated heterocycles. The second kappa shape index (κ2) is 7.61. The van der Waals surface area contributed by atoms with Crippen LogP contribution >= 0.6 is 0 Å². The maximum atomic E-state index is 11.7. The van der Waals surface area contributed by atoms with Crippen LogP contribution in [0.5, 0.6) is 0 Å². The zero-order chi connectivity index (χ0) is 15.9. The fourth-order valence-electron chi connectivity index (χ4n) is 1.95. The van der Waals surface area contributed by atoms with E-state index in [9.17, 15) is 14.7 Å². The predicted octanol–water partition coefficient (Wildman–Crippen LogP) is 2.02. The van der Waals surface area contributed by atoms with Crippen molar-refractivity contribution in [2.24, 2.45) is 11.3 Å². The van der Waals surface area contributed by atoms with Gasteiger partial charge in [0.05, 0.1) is 5.92 Å². The SMILES string of the molecule is CC(C)(C)CC(CNC(=O)NCc1ccncc1)C(=O)O. The van der Waals surface area contributed by atoms with Crippen LogP contribution in [0.3, 0.4) is 0 Å². The van der Waals surface area contributed by atoms with Gasteiger partial charge >= 0.3 is 12.0 Å². The molecule has 6 nitrogen and oxygen atoms in total. The minimum Gasteiger partial charge on any atom is -0.481 e. The molecule has 0 saturated carbocycles. The highest BCUT2D eigenvalue weighted by Crippen LogP contribution is 2.24. The number of carboxylic acid groups (broad SMARTS) is 1. The highest BCUT2D eigenvalue weighted by Gasteiger charge is 2.24. The molecule has 6 heteroatoms. The smallest absolute Gasteiger partial charge is 0.315 e. The summed E-state index contributed by atoms with van der Waals surface area (Å²) in [5.41, 5.74) is 0.836. The second-order valence-corrected chi connectivity index (χ2v) is 6.22. The molecule has 3 N–H and O–H groups in total. The molecule has 0 aliphatic heterocycles. The predicted molar refractivity (Wildman–Crippen MR) is 79.7 cm³/mol. The molecule has 116 valence electrons. The summed E-state index contributed by atoms with van der Waals surface area (Å²) in [6.45, 7) is 6.44. The van der Waals surface area contributed by atoms with Crippen LogP contribution in [0.15, 0.2) is 24.5 Å². The Kier molecular flexibility index (Phi) is 6.14. The Bertz CT molecular complexity index is 469. The van der Waals surface area contributed by atoms with Gasteiger partial charge in [0.25, 0.3) is 0 Å². The summed E-state index contributed by atoms with van der Waals surface area (Å²) < 4.78 is 0. The lowest BCUT2D eigenvalue weighted by Gasteiger charge is -2.23. The van der Waals surface area contributed by atoms with Crippen LogP contribution < -0.4 is 10.6 Å². The molecule has 0 spiro atoms. The first-order chi connectivity index (χ1) is 9.78. The molecule has 0 aliphatic rings. The molecule has 1 aromatic heterocycles. The molecule has 1 heterocycles. The zero-order valence-electron chi connectivity index (χ0n) is 12.7. The minimum absolute atomic E-state index is 0.0990. The number of aromatic nitrogens is 1. The Balaban J connectivity index is 2.38. The summed E-state index contributed by atoms with van der Waals surface area (Å²) in [6, 6.07) is 3.24. The van der Waals surface area contributed by atoms with Gasteiger partial charge in [-0.25, -0.2) is 4.79 Å². The molecule has 1 aromatic rings. The van der Waals surface area contributed by atoms with E-state index in [0.717, 1.165) is 5.56 Å². The van der Waals surface area contributed by atoms with Gasteiger partial charge < -0.3 is 15.7 Å². The van der Waals surface area contributed by atoms with Crippen LogP contribution in [-0.2, 0) is 11.3 Å². The van der Waals surface area contributed by atoms with E-state index in [2.05, 4.69) is 15.6 Å². The van der Waals surface area contributed by atoms with Crippen LogP contribution in [0.2, 0.25) is 0 Å². The fraction of sp³-hybridized carbons (Fsp3) is 0.533. The average molecular weight is 293 g/mol. The molecule has 0 aromatic carbocycles. The van der Waals surface area contributed by atoms with Gasteiger partial charge in [-0.05, 0) is 29.5 Å². The lowest BCUT2D eigenvalue weighted by atomic mass is 9.84. The van der Waals surface area contributed by atoms with Gasteiger partial charge in [-0.2, -0.15) is 0 Å². The van der Waals surface area contributed by atoms with Crippen molar-refractivity contribution in [1.82, 2.24) is 15.6 Å². The summed E-state index contributed by atoms with van der Waals surface area (Å²) in [7, 11) is 0. The third kappa shape index (κ3) is 7.29. The molecule has 0 aliphatic carbocycles. The number of urea groups is 1. The van der Waals surface area contributed by atoms with Gasteiger partial charge in [-0.1, -0.05) is 20.8 Å². The van der Waals surface area contributed by atoms with Crippen LogP contribution in [-0.4, -0.2) is 28.6 Å². The standard InChI is InChI=1S/C15H23N3O3/c1-15(2,3)8-12(13(19)20)10-18-14(21)17-9-11-4-6-16-7-5-11/h4-7,12H,8-10H2,1-3H3,(H,19,20)(H2,17,18,21). The number of carbonyl (C=O) groups is 2. The third-order valence-corrected chi connectivity index (χ3v) is 2.92. The molecular formula is C15H23N3O3. The molecule has 0 radical (unpaired) electrons. The van der Waals surface area contributed by atoms with Crippen molar-refractivity contribution in [2.75, 3.05) is 6.54 Å². The van der Waals surface area contributed by atoms with Crippen molar-refractivity contribution in [2.45, 2.75) is 33.7 Å². The van der Waals surface area contributed by atoms with Crippen LogP contribution in [0.4, 0.5) is 4.79 Å². The number of nitrogens with one attached hydrogen (secondary N) is 2. The average Bonchev–Trinajstić information content (AvgIpc) is 2.41. The Morgan fingerprint density at radius 1 is 1.24 bits per heavy atom. The zero-order valence-corrected chi connectivity index (χ0v) is 12.7. The first-order valence-electron chi connectivity index (χ1n) is 6.91. The Morgan fingerprint density at radius 2 is 1.86 bits per heavy atom. The highest BCUT2D eigenvalue weighted by atomic mass is 16.4. The summed E-state index contributed by atoms with van der Waals surface area (Å²) in [5, 5.41) is 14.5. The van der Waals surface area contributed by atoms with E-state index in [1.165, 1.54) is 0 Å². The van der Waals surface area contributed by atoms with E-state index in [-0.39, 0.29) is 18.0 Å². The largest absolute Gasteiger partial charge is 0.481 e. The number of carboxylic acids is 1. The topological polar surface area (TPSA) is 91.3 Å². The fourth-order valence-corrected chi connectivity index (χ4v) is 1.95. The Morgan fingerprint density at radius 3 is 2.38 bits per heavy atom. The van der Waals surface area contributed by atoms with Crippen molar-refractivity contribution in [3.63, 3.8) is 0 Å². The molecule has 0 bridgehead atoms. The number of amides is 2. The Hall–Kier alpha value is -2.11. The number of nitrogens with zero attached hydrogens (tertiary/aromatic N) is 1. The molecule has 1 atom stereocenters. The quantitative estimate of drug-likeness (QED) is 0.748. The van der Waals surface area contributed by atoms with E-state index in [4.69, 9.17) is 0 Å². The first kappa shape index (κ1) is 16.9. The summed E-state index contributed by atoms with van der Waals surface area (Å²) >= 11 is 0. The third-order valence-electron chi connectivity index (χ3n) is 2.92. The van der Waals surface area contributed by atoms with Crippen molar-refractivity contribution < 1.29 is 14.7 Å². The van der Waals surface area contributed by atoms with E-state index in [1.807, 2.05) is 20.8 Å². The van der Waals surface area contributed by atoms with E-state index in [0.29, 0.717) is 13.0 Å². The van der Waals surface area contributed by atoms with E-state index >= 15 is 0 Å². The molecule has 2 amide bonds. The summed E-state index contributed by atoms with van der Waals surface area (Å²) in [6.07, 6.45) is 3.81. The molecule has 21 heavy (non-hydrogen) atoms. The number of hydrogen-bond donors (Lipinski definition) is 3.